The van der Waals surface area contributed by atoms with Gasteiger partial charge >= 0.3 is 11.9 Å². The maximum atomic E-state index is 12.3. The van der Waals surface area contributed by atoms with E-state index in [1.807, 2.05) is 6.92 Å². The summed E-state index contributed by atoms with van der Waals surface area (Å²) in [6.45, 7) is 5.84. The normalized spacial score (nSPS) is 12.4. The van der Waals surface area contributed by atoms with Crippen LogP contribution in [0.4, 0.5) is 0 Å². The van der Waals surface area contributed by atoms with E-state index in [2.05, 4.69) is 11.7 Å². The number of rotatable bonds is 15. The fraction of sp³-hybridized carbons (Fsp3) is 0.857. The van der Waals surface area contributed by atoms with Crippen LogP contribution >= 0.6 is 0 Å². The predicted molar refractivity (Wildman–Crippen MR) is 108 cm³/mol. The van der Waals surface area contributed by atoms with Crippen LogP contribution in [0.5, 0.6) is 0 Å². The van der Waals surface area contributed by atoms with Gasteiger partial charge in [-0.1, -0.05) is 39.0 Å². The minimum absolute atomic E-state index is 0.00567. The second-order valence-corrected chi connectivity index (χ2v) is 6.92. The second kappa shape index (κ2) is 18.9. The van der Waals surface area contributed by atoms with E-state index in [-0.39, 0.29) is 31.4 Å². The zero-order valence-electron chi connectivity index (χ0n) is 18.1. The highest BCUT2D eigenvalue weighted by Gasteiger charge is 2.38. The number of unbranched alkanes of at least 4 members (excludes halogenated alkanes) is 4. The maximum Gasteiger partial charge on any atom is 0.313 e. The summed E-state index contributed by atoms with van der Waals surface area (Å²) in [4.78, 5) is 32.6. The molecule has 0 heterocycles. The smallest absolute Gasteiger partial charge is 0.313 e. The molecule has 0 aromatic heterocycles. The summed E-state index contributed by atoms with van der Waals surface area (Å²) in [6.07, 6.45) is 7.75. The summed E-state index contributed by atoms with van der Waals surface area (Å²) in [5.74, 6) is -0.821. The molecule has 1 atom stereocenters. The van der Waals surface area contributed by atoms with Gasteiger partial charge in [-0.05, 0) is 39.5 Å². The van der Waals surface area contributed by atoms with Gasteiger partial charge in [0.05, 0.1) is 19.1 Å². The molecule has 166 valence electrons. The molecule has 0 amide bonds. The monoisotopic (exact) mass is 404 g/mol. The molecule has 0 spiro atoms. The van der Waals surface area contributed by atoms with Crippen molar-refractivity contribution in [1.29, 1.82) is 0 Å². The molecule has 0 saturated carbocycles. The second-order valence-electron chi connectivity index (χ2n) is 6.92. The Labute approximate surface area is 169 Å². The van der Waals surface area contributed by atoms with Gasteiger partial charge in [0.2, 0.25) is 0 Å². The molecule has 0 aromatic carbocycles. The lowest BCUT2D eigenvalue weighted by atomic mass is 9.75. The Balaban J connectivity index is 0. The van der Waals surface area contributed by atoms with E-state index < -0.39 is 11.4 Å². The quantitative estimate of drug-likeness (QED) is 0.245. The van der Waals surface area contributed by atoms with Crippen LogP contribution in [-0.2, 0) is 23.9 Å². The number of aliphatic hydroxyl groups excluding tert-OH is 2. The van der Waals surface area contributed by atoms with Gasteiger partial charge < -0.3 is 19.7 Å². The first kappa shape index (κ1) is 28.7. The van der Waals surface area contributed by atoms with E-state index in [0.717, 1.165) is 32.1 Å². The first-order chi connectivity index (χ1) is 13.3. The lowest BCUT2D eigenvalue weighted by Gasteiger charge is -2.31. The number of methoxy groups -OCH3 is 1. The number of carbonyl (C=O) groups excluding carboxylic acids is 3. The van der Waals surface area contributed by atoms with Crippen LogP contribution in [0.2, 0.25) is 0 Å². The largest absolute Gasteiger partial charge is 0.469 e. The van der Waals surface area contributed by atoms with E-state index in [0.29, 0.717) is 25.9 Å². The molecule has 0 bridgehead atoms. The third-order valence-corrected chi connectivity index (χ3v) is 4.49. The van der Waals surface area contributed by atoms with Crippen LogP contribution in [-0.4, -0.2) is 54.9 Å². The molecule has 7 heteroatoms. The zero-order chi connectivity index (χ0) is 21.8. The van der Waals surface area contributed by atoms with E-state index in [1.54, 1.807) is 0 Å². The summed E-state index contributed by atoms with van der Waals surface area (Å²) in [5.41, 5.74) is -0.562. The summed E-state index contributed by atoms with van der Waals surface area (Å²) in [5, 5.41) is 18.2. The van der Waals surface area contributed by atoms with Gasteiger partial charge in [0.1, 0.15) is 12.2 Å². The van der Waals surface area contributed by atoms with Gasteiger partial charge in [-0.3, -0.25) is 14.4 Å². The van der Waals surface area contributed by atoms with E-state index in [1.165, 1.54) is 20.5 Å². The number of esters is 2. The molecule has 0 aliphatic rings. The van der Waals surface area contributed by atoms with Crippen LogP contribution in [0.1, 0.15) is 85.0 Å². The van der Waals surface area contributed by atoms with E-state index >= 15 is 0 Å². The maximum absolute atomic E-state index is 12.3. The fourth-order valence-corrected chi connectivity index (χ4v) is 2.92. The van der Waals surface area contributed by atoms with Crippen molar-refractivity contribution in [3.05, 3.63) is 0 Å². The number of Topliss-reactive ketones (excluding diaryl/α,β-unsaturated/α-hetero) is 1. The van der Waals surface area contributed by atoms with Crippen molar-refractivity contribution >= 4 is 17.7 Å². The highest BCUT2D eigenvalue weighted by Crippen LogP contribution is 2.36. The number of hydrogen-bond donors (Lipinski definition) is 2. The first-order valence-corrected chi connectivity index (χ1v) is 10.3. The summed E-state index contributed by atoms with van der Waals surface area (Å²) in [7, 11) is 1.26. The molecule has 0 saturated heterocycles. The molecule has 1 unspecified atom stereocenters. The third-order valence-electron chi connectivity index (χ3n) is 4.49. The van der Waals surface area contributed by atoms with Gasteiger partial charge in [0.25, 0.3) is 0 Å². The number of ether oxygens (including phenoxy) is 2. The summed E-state index contributed by atoms with van der Waals surface area (Å²) in [6, 6.07) is 0. The van der Waals surface area contributed by atoms with Crippen LogP contribution in [0.3, 0.4) is 0 Å². The molecule has 0 aliphatic heterocycles. The highest BCUT2D eigenvalue weighted by atomic mass is 16.5. The fourth-order valence-electron chi connectivity index (χ4n) is 2.92. The average molecular weight is 405 g/mol. The molecular formula is C21H40O7. The average Bonchev–Trinajstić information content (AvgIpc) is 2.65. The van der Waals surface area contributed by atoms with Gasteiger partial charge in [-0.25, -0.2) is 0 Å². The SMILES string of the molecule is CCCCCCC(CCO)(CCCCO)C(=O)OCC.COC(=O)CC(C)=O. The molecule has 2 N–H and O–H groups in total. The van der Waals surface area contributed by atoms with Crippen molar-refractivity contribution in [3.8, 4) is 0 Å². The van der Waals surface area contributed by atoms with Crippen LogP contribution in [0.25, 0.3) is 0 Å². The van der Waals surface area contributed by atoms with E-state index in [4.69, 9.17) is 9.84 Å². The van der Waals surface area contributed by atoms with Gasteiger partial charge in [-0.15, -0.1) is 0 Å². The van der Waals surface area contributed by atoms with Crippen molar-refractivity contribution in [2.24, 2.45) is 5.41 Å². The number of carbonyl (C=O) groups is 3. The Morgan fingerprint density at radius 3 is 1.86 bits per heavy atom. The van der Waals surface area contributed by atoms with Crippen molar-refractivity contribution < 1.29 is 34.1 Å². The van der Waals surface area contributed by atoms with Crippen LogP contribution < -0.4 is 0 Å². The van der Waals surface area contributed by atoms with Crippen molar-refractivity contribution in [3.63, 3.8) is 0 Å². The molecule has 0 radical (unpaired) electrons. The predicted octanol–water partition coefficient (Wildman–Crippen LogP) is 3.19. The number of hydrogen-bond acceptors (Lipinski definition) is 7. The standard InChI is InChI=1S/C16H32O4.C5H8O3/c1-3-5-6-7-10-16(12-14-18,11-8-9-13-17)15(19)20-4-2;1-4(6)3-5(7)8-2/h17-18H,3-14H2,1-2H3;3H2,1-2H3. The minimum Gasteiger partial charge on any atom is -0.469 e. The van der Waals surface area contributed by atoms with Crippen molar-refractivity contribution in [2.45, 2.75) is 85.0 Å². The molecule has 0 rings (SSSR count). The molecule has 0 aliphatic carbocycles. The summed E-state index contributed by atoms with van der Waals surface area (Å²) < 4.78 is 9.44. The van der Waals surface area contributed by atoms with Gasteiger partial charge in [-0.2, -0.15) is 0 Å². The third kappa shape index (κ3) is 14.6. The topological polar surface area (TPSA) is 110 Å². The van der Waals surface area contributed by atoms with Crippen LogP contribution in [0, 0.1) is 5.41 Å². The first-order valence-electron chi connectivity index (χ1n) is 10.3. The molecule has 7 nitrogen and oxygen atoms in total. The van der Waals surface area contributed by atoms with Gasteiger partial charge in [0, 0.05) is 13.2 Å². The molecule has 0 aromatic rings. The Morgan fingerprint density at radius 1 is 0.857 bits per heavy atom. The van der Waals surface area contributed by atoms with Crippen molar-refractivity contribution in [1.82, 2.24) is 0 Å². The molecular weight excluding hydrogens is 364 g/mol. The van der Waals surface area contributed by atoms with E-state index in [9.17, 15) is 19.5 Å². The van der Waals surface area contributed by atoms with Crippen molar-refractivity contribution in [2.75, 3.05) is 26.9 Å². The highest BCUT2D eigenvalue weighted by molar-refractivity contribution is 5.93. The zero-order valence-corrected chi connectivity index (χ0v) is 18.1. The van der Waals surface area contributed by atoms with Gasteiger partial charge in [0.15, 0.2) is 0 Å². The Bertz CT molecular complexity index is 423. The number of ketones is 1. The molecule has 0 fully saturated rings. The summed E-state index contributed by atoms with van der Waals surface area (Å²) >= 11 is 0. The Hall–Kier alpha value is -1.47. The van der Waals surface area contributed by atoms with Crippen LogP contribution in [0.15, 0.2) is 0 Å². The minimum atomic E-state index is -0.562. The lowest BCUT2D eigenvalue weighted by Crippen LogP contribution is -2.34. The Kier molecular flexibility index (Phi) is 19.4. The number of aliphatic hydroxyl groups is 2. The lowest BCUT2D eigenvalue weighted by molar-refractivity contribution is -0.158. The Morgan fingerprint density at radius 2 is 1.46 bits per heavy atom. The molecule has 28 heavy (non-hydrogen) atoms.